The zero-order valence-corrected chi connectivity index (χ0v) is 15.3. The third-order valence-corrected chi connectivity index (χ3v) is 5.91. The number of benzene rings is 2. The second-order valence-electron chi connectivity index (χ2n) is 5.23. The van der Waals surface area contributed by atoms with E-state index in [2.05, 4.69) is 4.72 Å². The van der Waals surface area contributed by atoms with Crippen LogP contribution in [0.25, 0.3) is 0 Å². The van der Waals surface area contributed by atoms with Gasteiger partial charge < -0.3 is 0 Å². The summed E-state index contributed by atoms with van der Waals surface area (Å²) in [5, 5.41) is 4.90. The van der Waals surface area contributed by atoms with Crippen LogP contribution in [0.1, 0.15) is 12.0 Å². The molecule has 3 N–H and O–H groups in total. The SMILES string of the molecule is NS(=O)(=O)c1ccc(NS(=O)(=O)c2ccc(CCCCl)cc2)c(F)c1. The van der Waals surface area contributed by atoms with Crippen molar-refractivity contribution >= 4 is 37.3 Å². The number of nitrogens with two attached hydrogens (primary N) is 1. The maximum Gasteiger partial charge on any atom is 0.261 e. The first-order valence-corrected chi connectivity index (χ1v) is 10.7. The van der Waals surface area contributed by atoms with Crippen LogP contribution < -0.4 is 9.86 Å². The Morgan fingerprint density at radius 2 is 1.60 bits per heavy atom. The van der Waals surface area contributed by atoms with Crippen molar-refractivity contribution in [1.29, 1.82) is 0 Å². The number of sulfonamides is 2. The van der Waals surface area contributed by atoms with Crippen molar-refractivity contribution in [3.63, 3.8) is 0 Å². The molecule has 136 valence electrons. The molecule has 0 aromatic heterocycles. The standard InChI is InChI=1S/C15H16ClFN2O4S2/c16-9-1-2-11-3-5-12(6-4-11)25(22,23)19-15-8-7-13(10-14(15)17)24(18,20)21/h3-8,10,19H,1-2,9H2,(H2,18,20,21). The molecule has 0 aliphatic carbocycles. The van der Waals surface area contributed by atoms with Crippen molar-refractivity contribution in [3.05, 3.63) is 53.8 Å². The first-order valence-electron chi connectivity index (χ1n) is 7.13. The number of anilines is 1. The van der Waals surface area contributed by atoms with E-state index in [1.807, 2.05) is 0 Å². The Morgan fingerprint density at radius 1 is 1.00 bits per heavy atom. The number of nitrogens with one attached hydrogen (secondary N) is 1. The Kier molecular flexibility index (Phi) is 6.04. The van der Waals surface area contributed by atoms with E-state index >= 15 is 0 Å². The molecule has 0 saturated carbocycles. The first-order chi connectivity index (χ1) is 11.6. The van der Waals surface area contributed by atoms with Gasteiger partial charge in [-0.3, -0.25) is 4.72 Å². The summed E-state index contributed by atoms with van der Waals surface area (Å²) in [6.07, 6.45) is 1.49. The molecule has 0 unspecified atom stereocenters. The topological polar surface area (TPSA) is 106 Å². The smallest absolute Gasteiger partial charge is 0.261 e. The van der Waals surface area contributed by atoms with Gasteiger partial charge in [-0.25, -0.2) is 26.4 Å². The van der Waals surface area contributed by atoms with Gasteiger partial charge in [0.25, 0.3) is 10.0 Å². The molecule has 0 atom stereocenters. The van der Waals surface area contributed by atoms with Crippen LogP contribution in [0, 0.1) is 5.82 Å². The fraction of sp³-hybridized carbons (Fsp3) is 0.200. The van der Waals surface area contributed by atoms with Gasteiger partial charge in [-0.15, -0.1) is 11.6 Å². The van der Waals surface area contributed by atoms with Crippen molar-refractivity contribution < 1.29 is 21.2 Å². The lowest BCUT2D eigenvalue weighted by molar-refractivity contribution is 0.592. The fourth-order valence-electron chi connectivity index (χ4n) is 2.07. The van der Waals surface area contributed by atoms with Crippen LogP contribution >= 0.6 is 11.6 Å². The van der Waals surface area contributed by atoms with E-state index in [1.165, 1.54) is 12.1 Å². The van der Waals surface area contributed by atoms with E-state index in [0.29, 0.717) is 11.9 Å². The van der Waals surface area contributed by atoms with Crippen LogP contribution in [-0.2, 0) is 26.5 Å². The summed E-state index contributed by atoms with van der Waals surface area (Å²) in [7, 11) is -8.10. The number of halogens is 2. The minimum atomic E-state index is -4.08. The molecule has 2 aromatic carbocycles. The van der Waals surface area contributed by atoms with Gasteiger partial charge in [0.15, 0.2) is 0 Å². The monoisotopic (exact) mass is 406 g/mol. The van der Waals surface area contributed by atoms with Gasteiger partial charge in [-0.05, 0) is 48.7 Å². The Labute approximate surface area is 150 Å². The highest BCUT2D eigenvalue weighted by molar-refractivity contribution is 7.92. The molecule has 0 heterocycles. The van der Waals surface area contributed by atoms with Crippen LogP contribution in [0.3, 0.4) is 0 Å². The molecule has 25 heavy (non-hydrogen) atoms. The molecular formula is C15H16ClFN2O4S2. The van der Waals surface area contributed by atoms with Gasteiger partial charge in [0, 0.05) is 5.88 Å². The Morgan fingerprint density at radius 3 is 2.12 bits per heavy atom. The number of rotatable bonds is 7. The Bertz CT molecular complexity index is 962. The Balaban J connectivity index is 2.24. The third kappa shape index (κ3) is 5.15. The third-order valence-electron chi connectivity index (χ3n) is 3.35. The highest BCUT2D eigenvalue weighted by Crippen LogP contribution is 2.22. The second-order valence-corrected chi connectivity index (χ2v) is 8.85. The molecule has 10 heteroatoms. The largest absolute Gasteiger partial charge is 0.277 e. The molecule has 0 aliphatic heterocycles. The number of hydrogen-bond acceptors (Lipinski definition) is 4. The minimum Gasteiger partial charge on any atom is -0.277 e. The van der Waals surface area contributed by atoms with E-state index in [1.54, 1.807) is 12.1 Å². The summed E-state index contributed by atoms with van der Waals surface area (Å²) >= 11 is 5.61. The van der Waals surface area contributed by atoms with E-state index < -0.39 is 30.8 Å². The summed E-state index contributed by atoms with van der Waals surface area (Å²) in [5.74, 6) is -0.538. The summed E-state index contributed by atoms with van der Waals surface area (Å²) < 4.78 is 63.0. The van der Waals surface area contributed by atoms with Gasteiger partial charge >= 0.3 is 0 Å². The molecule has 0 aliphatic rings. The predicted octanol–water partition coefficient (Wildman–Crippen LogP) is 2.45. The molecule has 6 nitrogen and oxygen atoms in total. The van der Waals surface area contributed by atoms with Gasteiger partial charge in [0.1, 0.15) is 5.82 Å². The maximum atomic E-state index is 14.0. The highest BCUT2D eigenvalue weighted by Gasteiger charge is 2.18. The molecule has 0 saturated heterocycles. The van der Waals surface area contributed by atoms with Crippen LogP contribution in [0.15, 0.2) is 52.3 Å². The van der Waals surface area contributed by atoms with E-state index in [0.717, 1.165) is 30.5 Å². The Hall–Kier alpha value is -1.68. The predicted molar refractivity (Wildman–Crippen MR) is 94.1 cm³/mol. The molecule has 2 rings (SSSR count). The molecule has 0 bridgehead atoms. The molecule has 0 radical (unpaired) electrons. The zero-order valence-electron chi connectivity index (χ0n) is 12.9. The first kappa shape index (κ1) is 19.6. The highest BCUT2D eigenvalue weighted by atomic mass is 35.5. The average Bonchev–Trinajstić information content (AvgIpc) is 2.54. The summed E-state index contributed by atoms with van der Waals surface area (Å²) in [6, 6.07) is 8.80. The molecule has 2 aromatic rings. The van der Waals surface area contributed by atoms with Crippen molar-refractivity contribution in [3.8, 4) is 0 Å². The average molecular weight is 407 g/mol. The molecule has 0 spiro atoms. The number of primary sulfonamides is 1. The van der Waals surface area contributed by atoms with Crippen molar-refractivity contribution in [1.82, 2.24) is 0 Å². The molecule has 0 amide bonds. The van der Waals surface area contributed by atoms with Gasteiger partial charge in [0.2, 0.25) is 10.0 Å². The van der Waals surface area contributed by atoms with Crippen molar-refractivity contribution in [2.24, 2.45) is 5.14 Å². The number of aryl methyl sites for hydroxylation is 1. The summed E-state index contributed by atoms with van der Waals surface area (Å²) in [6.45, 7) is 0. The molecule has 0 fully saturated rings. The molecular weight excluding hydrogens is 391 g/mol. The minimum absolute atomic E-state index is 0.0444. The van der Waals surface area contributed by atoms with E-state index in [9.17, 15) is 21.2 Å². The van der Waals surface area contributed by atoms with Crippen molar-refractivity contribution in [2.45, 2.75) is 22.6 Å². The van der Waals surface area contributed by atoms with Gasteiger partial charge in [0.05, 0.1) is 15.5 Å². The van der Waals surface area contributed by atoms with E-state index in [-0.39, 0.29) is 10.6 Å². The van der Waals surface area contributed by atoms with Crippen LogP contribution in [0.5, 0.6) is 0 Å². The van der Waals surface area contributed by atoms with Gasteiger partial charge in [-0.2, -0.15) is 0 Å². The summed E-state index contributed by atoms with van der Waals surface area (Å²) in [4.78, 5) is -0.492. The zero-order chi connectivity index (χ0) is 18.7. The van der Waals surface area contributed by atoms with Crippen LogP contribution in [-0.4, -0.2) is 22.7 Å². The number of alkyl halides is 1. The fourth-order valence-corrected chi connectivity index (χ4v) is 3.79. The lowest BCUT2D eigenvalue weighted by Crippen LogP contribution is -2.16. The lowest BCUT2D eigenvalue weighted by Gasteiger charge is -2.10. The van der Waals surface area contributed by atoms with E-state index in [4.69, 9.17) is 16.7 Å². The maximum absolute atomic E-state index is 14.0. The quantitative estimate of drug-likeness (QED) is 0.688. The van der Waals surface area contributed by atoms with Gasteiger partial charge in [-0.1, -0.05) is 12.1 Å². The lowest BCUT2D eigenvalue weighted by atomic mass is 10.1. The van der Waals surface area contributed by atoms with Crippen LogP contribution in [0.2, 0.25) is 0 Å². The van der Waals surface area contributed by atoms with Crippen molar-refractivity contribution in [2.75, 3.05) is 10.6 Å². The number of hydrogen-bond donors (Lipinski definition) is 2. The normalized spacial score (nSPS) is 12.1. The van der Waals surface area contributed by atoms with Crippen LogP contribution in [0.4, 0.5) is 10.1 Å². The second kappa shape index (κ2) is 7.69. The summed E-state index contributed by atoms with van der Waals surface area (Å²) in [5.41, 5.74) is 0.557.